The van der Waals surface area contributed by atoms with Gasteiger partial charge in [0.1, 0.15) is 6.04 Å². The van der Waals surface area contributed by atoms with Crippen molar-refractivity contribution in [3.8, 4) is 0 Å². The molecule has 2 atom stereocenters. The van der Waals surface area contributed by atoms with Gasteiger partial charge in [-0.15, -0.1) is 0 Å². The average molecular weight is 215 g/mol. The molecule has 86 valence electrons. The second kappa shape index (κ2) is 5.11. The quantitative estimate of drug-likeness (QED) is 0.622. The van der Waals surface area contributed by atoms with Crippen molar-refractivity contribution >= 4 is 11.9 Å². The molecule has 0 radical (unpaired) electrons. The lowest BCUT2D eigenvalue weighted by molar-refractivity contribution is -0.148. The van der Waals surface area contributed by atoms with Crippen LogP contribution in [0.3, 0.4) is 0 Å². The summed E-state index contributed by atoms with van der Waals surface area (Å²) in [4.78, 5) is 24.5. The van der Waals surface area contributed by atoms with Crippen LogP contribution in [0.25, 0.3) is 0 Å². The van der Waals surface area contributed by atoms with E-state index in [1.165, 1.54) is 14.2 Å². The number of likely N-dealkylation sites (tertiary alicyclic amines) is 1. The van der Waals surface area contributed by atoms with E-state index >= 15 is 0 Å². The van der Waals surface area contributed by atoms with Gasteiger partial charge in [-0.05, 0) is 19.9 Å². The smallest absolute Gasteiger partial charge is 0.322 e. The Balaban J connectivity index is 2.49. The molecule has 1 aliphatic rings. The minimum Gasteiger partial charge on any atom is -0.469 e. The molecule has 1 heterocycles. The van der Waals surface area contributed by atoms with Crippen LogP contribution in [0.5, 0.6) is 0 Å². The van der Waals surface area contributed by atoms with Crippen molar-refractivity contribution in [2.75, 3.05) is 27.3 Å². The molecule has 0 N–H and O–H groups in total. The van der Waals surface area contributed by atoms with Crippen LogP contribution in [0.2, 0.25) is 0 Å². The predicted octanol–water partition coefficient (Wildman–Crippen LogP) is 0.0428. The van der Waals surface area contributed by atoms with E-state index in [-0.39, 0.29) is 23.9 Å². The number of hydrogen-bond donors (Lipinski definition) is 0. The Morgan fingerprint density at radius 3 is 2.53 bits per heavy atom. The lowest BCUT2D eigenvalue weighted by Crippen LogP contribution is -2.38. The van der Waals surface area contributed by atoms with Crippen LogP contribution in [0.15, 0.2) is 0 Å². The van der Waals surface area contributed by atoms with Gasteiger partial charge in [0, 0.05) is 6.54 Å². The molecular weight excluding hydrogens is 198 g/mol. The summed E-state index contributed by atoms with van der Waals surface area (Å²) in [6, 6.07) is -0.287. The van der Waals surface area contributed by atoms with Crippen molar-refractivity contribution in [2.24, 2.45) is 5.92 Å². The summed E-state index contributed by atoms with van der Waals surface area (Å²) < 4.78 is 9.32. The van der Waals surface area contributed by atoms with Crippen molar-refractivity contribution in [3.63, 3.8) is 0 Å². The lowest BCUT2D eigenvalue weighted by Gasteiger charge is -2.21. The molecule has 1 saturated heterocycles. The molecule has 0 amide bonds. The highest BCUT2D eigenvalue weighted by molar-refractivity contribution is 5.76. The van der Waals surface area contributed by atoms with E-state index in [4.69, 9.17) is 0 Å². The maximum absolute atomic E-state index is 11.3. The lowest BCUT2D eigenvalue weighted by atomic mass is 10.1. The van der Waals surface area contributed by atoms with Gasteiger partial charge in [-0.3, -0.25) is 14.5 Å². The predicted molar refractivity (Wildman–Crippen MR) is 53.2 cm³/mol. The largest absolute Gasteiger partial charge is 0.469 e. The fourth-order valence-corrected chi connectivity index (χ4v) is 1.82. The number of carbonyl (C=O) groups excluding carboxylic acids is 2. The normalized spacial score (nSPS) is 23.5. The van der Waals surface area contributed by atoms with Crippen molar-refractivity contribution in [2.45, 2.75) is 19.4 Å². The molecule has 1 rings (SSSR count). The second-order valence-electron chi connectivity index (χ2n) is 3.70. The van der Waals surface area contributed by atoms with Crippen LogP contribution in [0, 0.1) is 5.92 Å². The van der Waals surface area contributed by atoms with Crippen LogP contribution in [-0.4, -0.2) is 50.2 Å². The summed E-state index contributed by atoms with van der Waals surface area (Å²) in [5.41, 5.74) is 0. The first-order valence-corrected chi connectivity index (χ1v) is 4.99. The SMILES string of the molecule is COC(=O)C1CCN(C(C)C(=O)OC)C1. The average Bonchev–Trinajstić information content (AvgIpc) is 2.75. The number of methoxy groups -OCH3 is 2. The number of carbonyl (C=O) groups is 2. The molecule has 5 nitrogen and oxygen atoms in total. The van der Waals surface area contributed by atoms with E-state index in [9.17, 15) is 9.59 Å². The number of hydrogen-bond acceptors (Lipinski definition) is 5. The maximum atomic E-state index is 11.3. The molecule has 0 saturated carbocycles. The molecule has 0 aromatic carbocycles. The highest BCUT2D eigenvalue weighted by Crippen LogP contribution is 2.19. The van der Waals surface area contributed by atoms with Crippen LogP contribution in [-0.2, 0) is 19.1 Å². The zero-order valence-electron chi connectivity index (χ0n) is 9.36. The summed E-state index contributed by atoms with van der Waals surface area (Å²) in [6.45, 7) is 3.09. The van der Waals surface area contributed by atoms with Gasteiger partial charge in [-0.1, -0.05) is 0 Å². The third-order valence-corrected chi connectivity index (χ3v) is 2.84. The Labute approximate surface area is 89.3 Å². The van der Waals surface area contributed by atoms with Crippen LogP contribution in [0.1, 0.15) is 13.3 Å². The van der Waals surface area contributed by atoms with Gasteiger partial charge in [0.25, 0.3) is 0 Å². The second-order valence-corrected chi connectivity index (χ2v) is 3.70. The zero-order valence-corrected chi connectivity index (χ0v) is 9.36. The fraction of sp³-hybridized carbons (Fsp3) is 0.800. The summed E-state index contributed by atoms with van der Waals surface area (Å²) in [6.07, 6.45) is 0.744. The van der Waals surface area contributed by atoms with Crippen LogP contribution >= 0.6 is 0 Å². The molecule has 0 aliphatic carbocycles. The molecular formula is C10H17NO4. The van der Waals surface area contributed by atoms with Crippen LogP contribution in [0.4, 0.5) is 0 Å². The number of rotatable bonds is 3. The van der Waals surface area contributed by atoms with Gasteiger partial charge in [0.05, 0.1) is 20.1 Å². The summed E-state index contributed by atoms with van der Waals surface area (Å²) >= 11 is 0. The van der Waals surface area contributed by atoms with Crippen molar-refractivity contribution in [1.29, 1.82) is 0 Å². The third-order valence-electron chi connectivity index (χ3n) is 2.84. The Bertz CT molecular complexity index is 254. The molecule has 1 aliphatic heterocycles. The first-order valence-electron chi connectivity index (χ1n) is 4.99. The fourth-order valence-electron chi connectivity index (χ4n) is 1.82. The van der Waals surface area contributed by atoms with Gasteiger partial charge in [0.2, 0.25) is 0 Å². The highest BCUT2D eigenvalue weighted by Gasteiger charge is 2.33. The Kier molecular flexibility index (Phi) is 4.08. The number of nitrogens with zero attached hydrogens (tertiary/aromatic N) is 1. The third kappa shape index (κ3) is 2.68. The van der Waals surface area contributed by atoms with Gasteiger partial charge in [0.15, 0.2) is 0 Å². The highest BCUT2D eigenvalue weighted by atomic mass is 16.5. The molecule has 2 unspecified atom stereocenters. The van der Waals surface area contributed by atoms with Gasteiger partial charge < -0.3 is 9.47 Å². The van der Waals surface area contributed by atoms with Crippen molar-refractivity contribution < 1.29 is 19.1 Å². The molecule has 15 heavy (non-hydrogen) atoms. The van der Waals surface area contributed by atoms with Gasteiger partial charge >= 0.3 is 11.9 Å². The maximum Gasteiger partial charge on any atom is 0.322 e. The van der Waals surface area contributed by atoms with E-state index in [1.807, 2.05) is 4.90 Å². The summed E-state index contributed by atoms with van der Waals surface area (Å²) in [5.74, 6) is -0.572. The Morgan fingerprint density at radius 2 is 2.00 bits per heavy atom. The molecule has 0 aromatic heterocycles. The standard InChI is InChI=1S/C10H17NO4/c1-7(9(12)14-2)11-5-4-8(6-11)10(13)15-3/h7-8H,4-6H2,1-3H3. The zero-order chi connectivity index (χ0) is 11.4. The molecule has 1 fully saturated rings. The van der Waals surface area contributed by atoms with E-state index < -0.39 is 0 Å². The minimum absolute atomic E-state index is 0.109. The van der Waals surface area contributed by atoms with Crippen molar-refractivity contribution in [3.05, 3.63) is 0 Å². The van der Waals surface area contributed by atoms with Crippen LogP contribution < -0.4 is 0 Å². The van der Waals surface area contributed by atoms with E-state index in [0.717, 1.165) is 13.0 Å². The van der Waals surface area contributed by atoms with Gasteiger partial charge in [-0.25, -0.2) is 0 Å². The Hall–Kier alpha value is -1.10. The monoisotopic (exact) mass is 215 g/mol. The summed E-state index contributed by atoms with van der Waals surface area (Å²) in [5, 5.41) is 0. The van der Waals surface area contributed by atoms with Crippen molar-refractivity contribution in [1.82, 2.24) is 4.90 Å². The molecule has 5 heteroatoms. The number of esters is 2. The number of ether oxygens (including phenoxy) is 2. The molecule has 0 aromatic rings. The molecule has 0 bridgehead atoms. The Morgan fingerprint density at radius 1 is 1.33 bits per heavy atom. The molecule has 0 spiro atoms. The first-order chi connectivity index (χ1) is 7.10. The van der Waals surface area contributed by atoms with E-state index in [0.29, 0.717) is 6.54 Å². The summed E-state index contributed by atoms with van der Waals surface area (Å²) in [7, 11) is 2.75. The first kappa shape index (κ1) is 12.0. The van der Waals surface area contributed by atoms with E-state index in [2.05, 4.69) is 9.47 Å². The minimum atomic E-state index is -0.287. The van der Waals surface area contributed by atoms with E-state index in [1.54, 1.807) is 6.92 Å². The van der Waals surface area contributed by atoms with Gasteiger partial charge in [-0.2, -0.15) is 0 Å². The topological polar surface area (TPSA) is 55.8 Å².